The van der Waals surface area contributed by atoms with Crippen LogP contribution in [-0.4, -0.2) is 173 Å². The van der Waals surface area contributed by atoms with Gasteiger partial charge in [-0.2, -0.15) is 0 Å². The van der Waals surface area contributed by atoms with Crippen LogP contribution >= 0.6 is 34.8 Å². The van der Waals surface area contributed by atoms with Gasteiger partial charge in [0.1, 0.15) is 39.6 Å². The summed E-state index contributed by atoms with van der Waals surface area (Å²) in [6.45, 7) is 10.3. The van der Waals surface area contributed by atoms with Gasteiger partial charge in [0.25, 0.3) is 29.5 Å². The molecule has 670 valence electrons. The van der Waals surface area contributed by atoms with Crippen LogP contribution in [0.1, 0.15) is 116 Å². The van der Waals surface area contributed by atoms with Crippen LogP contribution in [0, 0.1) is 5.82 Å². The monoisotopic (exact) mass is 1830 g/mol. The second kappa shape index (κ2) is 40.2. The number of nitrogens with one attached hydrogen (secondary N) is 3. The third-order valence-electron chi connectivity index (χ3n) is 25.7. The van der Waals surface area contributed by atoms with Gasteiger partial charge in [0, 0.05) is 193 Å². The molecule has 6 aromatic heterocycles. The molecule has 0 saturated carbocycles. The summed E-state index contributed by atoms with van der Waals surface area (Å²) in [5, 5.41) is 6.31. The number of halogens is 4. The summed E-state index contributed by atoms with van der Waals surface area (Å²) < 4.78 is 21.6. The smallest absolute Gasteiger partial charge is 0.349 e. The summed E-state index contributed by atoms with van der Waals surface area (Å²) >= 11 is 18.0. The standard InChI is InChI=1S/C27H24FN3O.C27H24N2O3.C22H18ClN3O.C18H15ClN2O.C16H14ClN3O/c28-24-13-7-12-22-18-23(19-29-25(22)24)27(32)31-16-14-30(15-17-31)26(20-8-3-1-4-9-20)21-10-5-2-6-11-21;30-26(23-19-22-13-7-8-14-24(22)32-27(23)31)29-17-15-28(16-18-29)25(20-9-3-1-4-10-20)21-11-5-2-6-12-21;23-17-6-8-19-16(12-17)13-20(24-19)22(27)25-10-11-26-18(14-25)7-9-21(26)15-4-2-1-3-5-15;19-15-5-6-16-14(9-15)10-17(20-16)18(22)21-8-7-12-3-1-2-4-13(12)11-21;17-12-1-2-14-11(7-12)8-15(19-14)16(21)20-6-4-13-10(9-20)3-5-18-13/h1-13,18-19,26H,14-17H2;1-14,19,25H,15-18H2;1-9,12-13,24H,10-11,14H2;1-6,9-10,20H,7-8,11H2;1-2,5,7-8,19H,3-4,6,9H2. The van der Waals surface area contributed by atoms with E-state index in [1.165, 1.54) is 68.2 Å². The van der Waals surface area contributed by atoms with E-state index in [1.54, 1.807) is 35.2 Å². The lowest BCUT2D eigenvalue weighted by Crippen LogP contribution is -2.50. The van der Waals surface area contributed by atoms with Crippen LogP contribution in [0.25, 0.3) is 65.8 Å². The van der Waals surface area contributed by atoms with Gasteiger partial charge in [-0.15, -0.1) is 0 Å². The SMILES string of the molecule is O=C(c1cc2cc(Cl)ccc2[nH]1)N1CCC2=C(CC=N2)C1.O=C(c1cc2cc(Cl)ccc2[nH]1)N1CCc2ccccc2C1.O=C(c1cc2cc(Cl)ccc2[nH]1)N1CCn2c(ccc2-c2ccccc2)C1.O=C(c1cc2ccccc2oc1=O)N1CCN(C(c2ccccc2)c2ccccc2)CC1.O=C(c1cnc2c(F)cccc2c1)N1CCN(C(c2ccccc2)c2ccccc2)CC1. The number of piperazine rings is 2. The predicted octanol–water partition coefficient (Wildman–Crippen LogP) is 21.6. The topological polar surface area (TPSA) is 216 Å². The first-order chi connectivity index (χ1) is 65.5. The van der Waals surface area contributed by atoms with Crippen LogP contribution in [0.15, 0.2) is 347 Å². The Morgan fingerprint density at radius 3 is 1.37 bits per heavy atom. The van der Waals surface area contributed by atoms with E-state index in [2.05, 4.69) is 191 Å². The Bertz CT molecular complexity index is 7230. The van der Waals surface area contributed by atoms with Gasteiger partial charge >= 0.3 is 5.63 Å². The molecule has 3 N–H and O–H groups in total. The molecular formula is C110H95Cl3FN13O7. The quantitative estimate of drug-likeness (QED) is 0.0983. The zero-order chi connectivity index (χ0) is 91.7. The number of carbonyl (C=O) groups is 5. The van der Waals surface area contributed by atoms with Crippen LogP contribution in [0.5, 0.6) is 0 Å². The second-order valence-corrected chi connectivity index (χ2v) is 35.4. The van der Waals surface area contributed by atoms with Gasteiger partial charge in [-0.05, 0) is 160 Å². The van der Waals surface area contributed by atoms with Gasteiger partial charge in [-0.25, -0.2) is 9.18 Å². The van der Waals surface area contributed by atoms with E-state index >= 15 is 0 Å². The number of H-pyrrole nitrogens is 3. The third kappa shape index (κ3) is 19.8. The molecule has 0 bridgehead atoms. The van der Waals surface area contributed by atoms with Crippen molar-refractivity contribution in [3.63, 3.8) is 0 Å². The maximum atomic E-state index is 13.9. The van der Waals surface area contributed by atoms with E-state index in [9.17, 15) is 33.2 Å². The van der Waals surface area contributed by atoms with Gasteiger partial charge < -0.3 is 48.4 Å². The Morgan fingerprint density at radius 2 is 0.836 bits per heavy atom. The van der Waals surface area contributed by atoms with Crippen molar-refractivity contribution >= 4 is 125 Å². The first-order valence-corrected chi connectivity index (χ1v) is 46.2. The Kier molecular flexibility index (Phi) is 26.6. The van der Waals surface area contributed by atoms with E-state index in [0.29, 0.717) is 107 Å². The zero-order valence-electron chi connectivity index (χ0n) is 73.4. The van der Waals surface area contributed by atoms with Crippen LogP contribution in [-0.2, 0) is 26.1 Å². The van der Waals surface area contributed by atoms with Crippen molar-refractivity contribution in [1.82, 2.24) is 58.8 Å². The maximum Gasteiger partial charge on any atom is 0.349 e. The van der Waals surface area contributed by atoms with Crippen LogP contribution < -0.4 is 5.63 Å². The average Bonchev–Trinajstić information content (AvgIpc) is 1.64. The molecule has 0 spiro atoms. The highest BCUT2D eigenvalue weighted by molar-refractivity contribution is 6.32. The lowest BCUT2D eigenvalue weighted by Gasteiger charge is -2.39. The largest absolute Gasteiger partial charge is 0.422 e. The summed E-state index contributed by atoms with van der Waals surface area (Å²) in [7, 11) is 0. The Morgan fingerprint density at radius 1 is 0.381 bits per heavy atom. The highest BCUT2D eigenvalue weighted by Crippen LogP contribution is 2.36. The lowest BCUT2D eigenvalue weighted by molar-refractivity contribution is 0.0589. The van der Waals surface area contributed by atoms with E-state index in [4.69, 9.17) is 39.2 Å². The second-order valence-electron chi connectivity index (χ2n) is 34.1. The van der Waals surface area contributed by atoms with Crippen LogP contribution in [0.2, 0.25) is 15.1 Å². The molecule has 0 atom stereocenters. The number of nitrogens with zero attached hydrogens (tertiary/aromatic N) is 10. The highest BCUT2D eigenvalue weighted by atomic mass is 35.5. The Balaban J connectivity index is 0.000000109. The molecule has 0 radical (unpaired) electrons. The lowest BCUT2D eigenvalue weighted by atomic mass is 9.96. The van der Waals surface area contributed by atoms with Crippen molar-refractivity contribution in [1.29, 1.82) is 0 Å². The molecule has 17 aromatic rings. The molecule has 2 fully saturated rings. The van der Waals surface area contributed by atoms with E-state index in [1.807, 2.05) is 153 Å². The fraction of sp³-hybridized carbons (Fsp3) is 0.182. The minimum Gasteiger partial charge on any atom is -0.422 e. The molecule has 0 aliphatic carbocycles. The molecular weight excluding hydrogens is 1740 g/mol. The van der Waals surface area contributed by atoms with E-state index in [0.717, 1.165) is 109 Å². The number of amides is 5. The fourth-order valence-corrected chi connectivity index (χ4v) is 19.4. The molecule has 134 heavy (non-hydrogen) atoms. The maximum absolute atomic E-state index is 13.9. The average molecular weight is 1840 g/mol. The summed E-state index contributed by atoms with van der Waals surface area (Å²) in [5.74, 6) is -0.582. The third-order valence-corrected chi connectivity index (χ3v) is 26.4. The molecule has 24 heteroatoms. The number of hydrogen-bond donors (Lipinski definition) is 3. The number of aromatic amines is 3. The molecule has 6 aliphatic heterocycles. The van der Waals surface area contributed by atoms with E-state index in [-0.39, 0.29) is 53.0 Å². The van der Waals surface area contributed by atoms with Gasteiger partial charge in [-0.3, -0.25) is 43.7 Å². The van der Waals surface area contributed by atoms with Crippen molar-refractivity contribution in [3.8, 4) is 11.3 Å². The van der Waals surface area contributed by atoms with Gasteiger partial charge in [0.05, 0.1) is 24.2 Å². The Hall–Kier alpha value is -14.6. The first-order valence-electron chi connectivity index (χ1n) is 45.1. The number of aliphatic imine (C=N–C) groups is 1. The van der Waals surface area contributed by atoms with Gasteiger partial charge in [-0.1, -0.05) is 241 Å². The predicted molar refractivity (Wildman–Crippen MR) is 529 cm³/mol. The number of hydrogen-bond acceptors (Lipinski definition) is 11. The summed E-state index contributed by atoms with van der Waals surface area (Å²) in [6, 6.07) is 103. The van der Waals surface area contributed by atoms with E-state index < -0.39 is 5.63 Å². The highest BCUT2D eigenvalue weighted by Gasteiger charge is 2.34. The molecule has 6 aliphatic rings. The molecule has 5 amide bonds. The molecule has 20 nitrogen and oxygen atoms in total. The number of rotatable bonds is 12. The van der Waals surface area contributed by atoms with Crippen LogP contribution in [0.4, 0.5) is 4.39 Å². The minimum absolute atomic E-state index is 0.0241. The fourth-order valence-electron chi connectivity index (χ4n) is 18.8. The van der Waals surface area contributed by atoms with Crippen LogP contribution in [0.3, 0.4) is 0 Å². The number of benzene rings is 11. The summed E-state index contributed by atoms with van der Waals surface area (Å²) in [6.07, 6.45) is 6.06. The molecule has 23 rings (SSSR count). The molecule has 11 aromatic carbocycles. The molecule has 12 heterocycles. The van der Waals surface area contributed by atoms with Crippen molar-refractivity contribution in [3.05, 3.63) is 432 Å². The molecule has 0 unspecified atom stereocenters. The molecule has 2 saturated heterocycles. The summed E-state index contributed by atoms with van der Waals surface area (Å²) in [5.41, 5.74) is 19.0. The normalized spacial score (nSPS) is 14.9. The number of pyridine rings is 1. The van der Waals surface area contributed by atoms with Crippen molar-refractivity contribution in [2.45, 2.75) is 51.0 Å². The van der Waals surface area contributed by atoms with Crippen molar-refractivity contribution in [2.24, 2.45) is 4.99 Å². The Labute approximate surface area is 788 Å². The van der Waals surface area contributed by atoms with Crippen molar-refractivity contribution in [2.75, 3.05) is 78.5 Å². The number of para-hydroxylation sites is 2. The number of fused-ring (bicyclic) bond motifs is 7. The minimum atomic E-state index is -0.581. The number of carbonyl (C=O) groups excluding carboxylic acids is 5. The van der Waals surface area contributed by atoms with Gasteiger partial charge in [0.15, 0.2) is 0 Å². The van der Waals surface area contributed by atoms with Crippen molar-refractivity contribution < 1.29 is 32.8 Å². The number of aromatic nitrogens is 5. The first kappa shape index (κ1) is 88.7. The van der Waals surface area contributed by atoms with Gasteiger partial charge in [0.2, 0.25) is 0 Å². The summed E-state index contributed by atoms with van der Waals surface area (Å²) in [4.78, 5) is 109. The zero-order valence-corrected chi connectivity index (χ0v) is 75.7.